The van der Waals surface area contributed by atoms with Crippen molar-refractivity contribution in [2.75, 3.05) is 27.9 Å². The van der Waals surface area contributed by atoms with Crippen molar-refractivity contribution in [2.45, 2.75) is 19.3 Å². The maximum Gasteiger partial charge on any atom is 0.203 e. The molecule has 8 heteroatoms. The SMILES string of the molecule is COc1cc(-c2cnc3[nH]cc(C(=O)C4CCC(CO)C4)c3n2)cc(OC)c1OC. The highest BCUT2D eigenvalue weighted by Gasteiger charge is 2.31. The fraction of sp³-hybridized carbons (Fsp3) is 0.409. The van der Waals surface area contributed by atoms with Crippen LogP contribution >= 0.6 is 0 Å². The summed E-state index contributed by atoms with van der Waals surface area (Å²) >= 11 is 0. The number of carbonyl (C=O) groups excluding carboxylic acids is 1. The van der Waals surface area contributed by atoms with Gasteiger partial charge in [-0.15, -0.1) is 0 Å². The van der Waals surface area contributed by atoms with E-state index in [0.717, 1.165) is 18.4 Å². The van der Waals surface area contributed by atoms with E-state index in [1.807, 2.05) is 0 Å². The second kappa shape index (κ2) is 8.31. The van der Waals surface area contributed by atoms with Crippen LogP contribution in [0.1, 0.15) is 29.6 Å². The minimum Gasteiger partial charge on any atom is -0.493 e. The van der Waals surface area contributed by atoms with Crippen molar-refractivity contribution in [1.82, 2.24) is 15.0 Å². The lowest BCUT2D eigenvalue weighted by atomic mass is 9.96. The lowest BCUT2D eigenvalue weighted by Gasteiger charge is -2.14. The fourth-order valence-corrected chi connectivity index (χ4v) is 4.15. The number of aliphatic hydroxyl groups is 1. The number of aromatic nitrogens is 3. The van der Waals surface area contributed by atoms with Crippen LogP contribution in [-0.4, -0.2) is 53.8 Å². The number of carbonyl (C=O) groups is 1. The number of aliphatic hydroxyl groups excluding tert-OH is 1. The van der Waals surface area contributed by atoms with Gasteiger partial charge in [0.2, 0.25) is 5.75 Å². The molecule has 0 amide bonds. The van der Waals surface area contributed by atoms with Crippen LogP contribution in [0.2, 0.25) is 0 Å². The molecular formula is C22H25N3O5. The number of hydrogen-bond acceptors (Lipinski definition) is 7. The molecule has 2 heterocycles. The molecule has 30 heavy (non-hydrogen) atoms. The molecule has 2 N–H and O–H groups in total. The maximum atomic E-state index is 13.1. The third-order valence-electron chi connectivity index (χ3n) is 5.78. The third-order valence-corrected chi connectivity index (χ3v) is 5.78. The number of rotatable bonds is 7. The Bertz CT molecular complexity index is 1050. The lowest BCUT2D eigenvalue weighted by molar-refractivity contribution is 0.0918. The number of H-pyrrole nitrogens is 1. The van der Waals surface area contributed by atoms with E-state index in [0.29, 0.717) is 46.1 Å². The predicted octanol–water partition coefficient (Wildman–Crippen LogP) is 3.24. The summed E-state index contributed by atoms with van der Waals surface area (Å²) in [4.78, 5) is 25.3. The summed E-state index contributed by atoms with van der Waals surface area (Å²) in [5.41, 5.74) is 2.97. The van der Waals surface area contributed by atoms with Crippen molar-refractivity contribution >= 4 is 16.9 Å². The Kier molecular flexibility index (Phi) is 5.59. The summed E-state index contributed by atoms with van der Waals surface area (Å²) in [5.74, 6) is 1.68. The molecule has 2 aromatic heterocycles. The summed E-state index contributed by atoms with van der Waals surface area (Å²) in [6.07, 6.45) is 5.69. The van der Waals surface area contributed by atoms with Gasteiger partial charge in [-0.3, -0.25) is 4.79 Å². The number of methoxy groups -OCH3 is 3. The van der Waals surface area contributed by atoms with Crippen molar-refractivity contribution in [3.8, 4) is 28.5 Å². The van der Waals surface area contributed by atoms with Crippen molar-refractivity contribution < 1.29 is 24.1 Å². The van der Waals surface area contributed by atoms with Crippen molar-refractivity contribution in [3.63, 3.8) is 0 Å². The van der Waals surface area contributed by atoms with Crippen molar-refractivity contribution in [3.05, 3.63) is 30.1 Å². The molecule has 1 fully saturated rings. The molecule has 2 atom stereocenters. The van der Waals surface area contributed by atoms with Crippen LogP contribution in [0.15, 0.2) is 24.5 Å². The molecule has 1 aromatic carbocycles. The molecule has 158 valence electrons. The fourth-order valence-electron chi connectivity index (χ4n) is 4.15. The molecule has 0 spiro atoms. The summed E-state index contributed by atoms with van der Waals surface area (Å²) in [5, 5.41) is 9.38. The summed E-state index contributed by atoms with van der Waals surface area (Å²) in [6, 6.07) is 3.60. The molecular weight excluding hydrogens is 386 g/mol. The summed E-state index contributed by atoms with van der Waals surface area (Å²) in [6.45, 7) is 0.128. The van der Waals surface area contributed by atoms with Gasteiger partial charge in [0.25, 0.3) is 0 Å². The van der Waals surface area contributed by atoms with Gasteiger partial charge in [-0.05, 0) is 37.3 Å². The Morgan fingerprint density at radius 3 is 2.50 bits per heavy atom. The van der Waals surface area contributed by atoms with Gasteiger partial charge < -0.3 is 24.3 Å². The van der Waals surface area contributed by atoms with Gasteiger partial charge in [0.15, 0.2) is 22.9 Å². The van der Waals surface area contributed by atoms with E-state index in [1.165, 1.54) is 0 Å². The molecule has 1 saturated carbocycles. The Hall–Kier alpha value is -3.13. The molecule has 8 nitrogen and oxygen atoms in total. The highest BCUT2D eigenvalue weighted by molar-refractivity contribution is 6.07. The smallest absolute Gasteiger partial charge is 0.203 e. The monoisotopic (exact) mass is 411 g/mol. The second-order valence-corrected chi connectivity index (χ2v) is 7.49. The Labute approximate surface area is 174 Å². The van der Waals surface area contributed by atoms with Crippen LogP contribution in [0.4, 0.5) is 0 Å². The summed E-state index contributed by atoms with van der Waals surface area (Å²) < 4.78 is 16.2. The van der Waals surface area contributed by atoms with Crippen LogP contribution in [-0.2, 0) is 0 Å². The van der Waals surface area contributed by atoms with Gasteiger partial charge in [-0.25, -0.2) is 9.97 Å². The standard InChI is InChI=1S/C22H25N3O5/c1-28-17-7-14(8-18(29-2)21(17)30-3)16-10-24-22-19(25-16)15(9-23-22)20(27)13-5-4-12(6-13)11-26/h7-10,12-13,26H,4-6,11H2,1-3H3,(H,23,24). The Morgan fingerprint density at radius 1 is 1.17 bits per heavy atom. The minimum absolute atomic E-state index is 0.0496. The van der Waals surface area contributed by atoms with Gasteiger partial charge >= 0.3 is 0 Å². The van der Waals surface area contributed by atoms with Gasteiger partial charge in [0.05, 0.1) is 38.8 Å². The van der Waals surface area contributed by atoms with Crippen LogP contribution in [0.5, 0.6) is 17.2 Å². The molecule has 0 radical (unpaired) electrons. The quantitative estimate of drug-likeness (QED) is 0.575. The van der Waals surface area contributed by atoms with E-state index in [1.54, 1.807) is 45.9 Å². The third kappa shape index (κ3) is 3.47. The average molecular weight is 411 g/mol. The second-order valence-electron chi connectivity index (χ2n) is 7.49. The van der Waals surface area contributed by atoms with Crippen LogP contribution in [0.3, 0.4) is 0 Å². The molecule has 0 aliphatic heterocycles. The number of hydrogen-bond donors (Lipinski definition) is 2. The first-order valence-electron chi connectivity index (χ1n) is 9.89. The minimum atomic E-state index is -0.0900. The zero-order chi connectivity index (χ0) is 21.3. The molecule has 1 aliphatic rings. The van der Waals surface area contributed by atoms with Gasteiger partial charge in [0, 0.05) is 24.3 Å². The average Bonchev–Trinajstić information content (AvgIpc) is 3.44. The van der Waals surface area contributed by atoms with Crippen LogP contribution < -0.4 is 14.2 Å². The largest absolute Gasteiger partial charge is 0.493 e. The van der Waals surface area contributed by atoms with E-state index in [4.69, 9.17) is 19.2 Å². The number of fused-ring (bicyclic) bond motifs is 1. The molecule has 0 saturated heterocycles. The number of Topliss-reactive ketones (excluding diaryl/α,β-unsaturated/α-hetero) is 1. The summed E-state index contributed by atoms with van der Waals surface area (Å²) in [7, 11) is 4.66. The highest BCUT2D eigenvalue weighted by Crippen LogP contribution is 2.41. The van der Waals surface area contributed by atoms with Crippen LogP contribution in [0.25, 0.3) is 22.4 Å². The first-order valence-corrected chi connectivity index (χ1v) is 9.89. The highest BCUT2D eigenvalue weighted by atomic mass is 16.5. The van der Waals surface area contributed by atoms with Gasteiger partial charge in [-0.2, -0.15) is 0 Å². The number of benzene rings is 1. The van der Waals surface area contributed by atoms with E-state index < -0.39 is 0 Å². The van der Waals surface area contributed by atoms with E-state index in [2.05, 4.69) is 9.97 Å². The first-order chi connectivity index (χ1) is 14.6. The van der Waals surface area contributed by atoms with Gasteiger partial charge in [-0.1, -0.05) is 0 Å². The van der Waals surface area contributed by atoms with E-state index >= 15 is 0 Å². The van der Waals surface area contributed by atoms with Crippen molar-refractivity contribution in [1.29, 1.82) is 0 Å². The molecule has 1 aliphatic carbocycles. The zero-order valence-corrected chi connectivity index (χ0v) is 17.3. The zero-order valence-electron chi connectivity index (χ0n) is 17.3. The lowest BCUT2D eigenvalue weighted by Crippen LogP contribution is -2.12. The van der Waals surface area contributed by atoms with Crippen LogP contribution in [0, 0.1) is 11.8 Å². The number of ether oxygens (including phenoxy) is 3. The number of ketones is 1. The predicted molar refractivity (Wildman–Crippen MR) is 111 cm³/mol. The van der Waals surface area contributed by atoms with Crippen molar-refractivity contribution in [2.24, 2.45) is 11.8 Å². The Morgan fingerprint density at radius 2 is 1.90 bits per heavy atom. The van der Waals surface area contributed by atoms with E-state index in [-0.39, 0.29) is 24.2 Å². The first kappa shape index (κ1) is 20.2. The number of nitrogens with one attached hydrogen (secondary N) is 1. The Balaban J connectivity index is 1.74. The molecule has 0 bridgehead atoms. The molecule has 4 rings (SSSR count). The molecule has 2 unspecified atom stereocenters. The molecule has 3 aromatic rings. The van der Waals surface area contributed by atoms with Gasteiger partial charge in [0.1, 0.15) is 5.52 Å². The number of aromatic amines is 1. The topological polar surface area (TPSA) is 107 Å². The normalized spacial score (nSPS) is 18.5. The van der Waals surface area contributed by atoms with E-state index in [9.17, 15) is 9.90 Å². The number of nitrogens with zero attached hydrogens (tertiary/aromatic N) is 2. The maximum absolute atomic E-state index is 13.1.